The molecule has 200 valence electrons. The average Bonchev–Trinajstić information content (AvgIpc) is 3.49. The minimum absolute atomic E-state index is 0.0465. The number of amides is 1. The molecule has 6 nitrogen and oxygen atoms in total. The second-order valence-electron chi connectivity index (χ2n) is 10.0. The van der Waals surface area contributed by atoms with Gasteiger partial charge in [0, 0.05) is 12.0 Å². The molecule has 0 spiro atoms. The normalized spacial score (nSPS) is 12.9. The fourth-order valence-corrected chi connectivity index (χ4v) is 5.22. The summed E-state index contributed by atoms with van der Waals surface area (Å²) >= 11 is 0. The number of aromatic nitrogens is 1. The summed E-state index contributed by atoms with van der Waals surface area (Å²) in [5.74, 6) is 1.34. The van der Waals surface area contributed by atoms with E-state index in [-0.39, 0.29) is 18.4 Å². The van der Waals surface area contributed by atoms with E-state index < -0.39 is 6.10 Å². The van der Waals surface area contributed by atoms with Crippen LogP contribution in [0.1, 0.15) is 69.7 Å². The zero-order chi connectivity index (χ0) is 27.5. The fraction of sp³-hybridized carbons (Fsp3) is 0.273. The summed E-state index contributed by atoms with van der Waals surface area (Å²) in [4.78, 5) is 13.3. The van der Waals surface area contributed by atoms with Crippen molar-refractivity contribution in [1.29, 1.82) is 0 Å². The summed E-state index contributed by atoms with van der Waals surface area (Å²) in [6.07, 6.45) is -0.159. The van der Waals surface area contributed by atoms with Crippen molar-refractivity contribution >= 4 is 16.9 Å². The summed E-state index contributed by atoms with van der Waals surface area (Å²) in [5.41, 5.74) is 7.80. The van der Waals surface area contributed by atoms with Crippen molar-refractivity contribution in [1.82, 2.24) is 10.5 Å². The number of hydrogen-bond acceptors (Lipinski definition) is 5. The van der Waals surface area contributed by atoms with Gasteiger partial charge in [-0.25, -0.2) is 0 Å². The van der Waals surface area contributed by atoms with Gasteiger partial charge in [0.2, 0.25) is 5.91 Å². The molecule has 3 aromatic carbocycles. The van der Waals surface area contributed by atoms with E-state index >= 15 is 0 Å². The van der Waals surface area contributed by atoms with Gasteiger partial charge in [-0.15, -0.1) is 0 Å². The van der Waals surface area contributed by atoms with Gasteiger partial charge >= 0.3 is 0 Å². The SMILES string of the molecule is CCOC(c1cc2cc(CC(=O)NC(c3ccccc3)c3ccc(C)cc3C)ccc2o1)c1c(C)noc1C. The molecule has 39 heavy (non-hydrogen) atoms. The molecule has 2 atom stereocenters. The second kappa shape index (κ2) is 11.3. The molecule has 5 rings (SSSR count). The predicted octanol–water partition coefficient (Wildman–Crippen LogP) is 7.23. The van der Waals surface area contributed by atoms with Crippen LogP contribution in [0.25, 0.3) is 11.0 Å². The number of fused-ring (bicyclic) bond motifs is 1. The lowest BCUT2D eigenvalue weighted by atomic mass is 9.93. The number of hydrogen-bond donors (Lipinski definition) is 1. The Bertz CT molecular complexity index is 1580. The van der Waals surface area contributed by atoms with Crippen molar-refractivity contribution in [3.63, 3.8) is 0 Å². The standard InChI is InChI=1S/C33H34N2O4/c1-6-37-33(31-22(4)35-39-23(31)5)29-19-26-17-24(13-15-28(26)38-29)18-30(36)34-32(25-10-8-7-9-11-25)27-14-12-20(2)16-21(27)3/h7-17,19,32-33H,6,18H2,1-5H3,(H,34,36). The highest BCUT2D eigenvalue weighted by molar-refractivity contribution is 5.83. The Morgan fingerprint density at radius 2 is 1.77 bits per heavy atom. The third-order valence-electron chi connectivity index (χ3n) is 7.08. The van der Waals surface area contributed by atoms with Gasteiger partial charge in [-0.05, 0) is 75.1 Å². The molecule has 2 unspecified atom stereocenters. The van der Waals surface area contributed by atoms with Crippen LogP contribution < -0.4 is 5.32 Å². The van der Waals surface area contributed by atoms with Crippen LogP contribution in [0, 0.1) is 27.7 Å². The first-order chi connectivity index (χ1) is 18.8. The first kappa shape index (κ1) is 26.4. The van der Waals surface area contributed by atoms with E-state index in [0.717, 1.165) is 44.5 Å². The molecule has 2 aromatic heterocycles. The van der Waals surface area contributed by atoms with Crippen LogP contribution >= 0.6 is 0 Å². The van der Waals surface area contributed by atoms with Crippen molar-refractivity contribution in [3.05, 3.63) is 123 Å². The Balaban J connectivity index is 1.39. The van der Waals surface area contributed by atoms with Crippen LogP contribution in [0.4, 0.5) is 0 Å². The Labute approximate surface area is 229 Å². The monoisotopic (exact) mass is 522 g/mol. The van der Waals surface area contributed by atoms with Crippen LogP contribution in [-0.4, -0.2) is 17.7 Å². The van der Waals surface area contributed by atoms with Crippen LogP contribution in [-0.2, 0) is 16.0 Å². The fourth-order valence-electron chi connectivity index (χ4n) is 5.22. The summed E-state index contributed by atoms with van der Waals surface area (Å²) in [6, 6.07) is 24.0. The summed E-state index contributed by atoms with van der Waals surface area (Å²) in [5, 5.41) is 8.28. The van der Waals surface area contributed by atoms with E-state index in [1.54, 1.807) is 0 Å². The van der Waals surface area contributed by atoms with Crippen LogP contribution in [0.2, 0.25) is 0 Å². The molecular weight excluding hydrogens is 488 g/mol. The van der Waals surface area contributed by atoms with E-state index in [4.69, 9.17) is 13.7 Å². The molecule has 0 aliphatic heterocycles. The molecule has 0 fully saturated rings. The second-order valence-corrected chi connectivity index (χ2v) is 10.0. The molecule has 2 heterocycles. The number of carbonyl (C=O) groups excluding carboxylic acids is 1. The number of nitrogens with one attached hydrogen (secondary N) is 1. The first-order valence-electron chi connectivity index (χ1n) is 13.3. The maximum Gasteiger partial charge on any atom is 0.225 e. The van der Waals surface area contributed by atoms with Crippen LogP contribution in [0.5, 0.6) is 0 Å². The maximum atomic E-state index is 13.3. The first-order valence-corrected chi connectivity index (χ1v) is 13.3. The molecule has 6 heteroatoms. The number of benzene rings is 3. The number of ether oxygens (including phenoxy) is 1. The number of furan rings is 1. The lowest BCUT2D eigenvalue weighted by Gasteiger charge is -2.22. The zero-order valence-corrected chi connectivity index (χ0v) is 23.1. The maximum absolute atomic E-state index is 13.3. The molecule has 0 bridgehead atoms. The van der Waals surface area contributed by atoms with Crippen molar-refractivity contribution in [2.24, 2.45) is 0 Å². The van der Waals surface area contributed by atoms with Crippen molar-refractivity contribution in [2.45, 2.75) is 53.2 Å². The molecule has 1 N–H and O–H groups in total. The highest BCUT2D eigenvalue weighted by Gasteiger charge is 2.26. The molecule has 0 saturated heterocycles. The predicted molar refractivity (Wildman–Crippen MR) is 152 cm³/mol. The van der Waals surface area contributed by atoms with Crippen LogP contribution in [0.3, 0.4) is 0 Å². The summed E-state index contributed by atoms with van der Waals surface area (Å²) in [6.45, 7) is 10.4. The number of carbonyl (C=O) groups is 1. The highest BCUT2D eigenvalue weighted by atomic mass is 16.5. The molecular formula is C33H34N2O4. The Hall–Kier alpha value is -4.16. The van der Waals surface area contributed by atoms with Gasteiger partial charge in [-0.1, -0.05) is 65.3 Å². The number of aryl methyl sites for hydroxylation is 4. The highest BCUT2D eigenvalue weighted by Crippen LogP contribution is 2.35. The van der Waals surface area contributed by atoms with E-state index in [1.807, 2.05) is 63.2 Å². The van der Waals surface area contributed by atoms with Crippen molar-refractivity contribution in [2.75, 3.05) is 6.61 Å². The van der Waals surface area contributed by atoms with Crippen molar-refractivity contribution < 1.29 is 18.5 Å². The molecule has 0 aliphatic carbocycles. The topological polar surface area (TPSA) is 77.5 Å². The van der Waals surface area contributed by atoms with Gasteiger partial charge in [0.1, 0.15) is 23.2 Å². The lowest BCUT2D eigenvalue weighted by Crippen LogP contribution is -2.31. The zero-order valence-electron chi connectivity index (χ0n) is 23.1. The Kier molecular flexibility index (Phi) is 7.66. The molecule has 5 aromatic rings. The van der Waals surface area contributed by atoms with E-state index in [0.29, 0.717) is 18.1 Å². The molecule has 0 radical (unpaired) electrons. The van der Waals surface area contributed by atoms with E-state index in [9.17, 15) is 4.79 Å². The number of nitrogens with zero attached hydrogens (tertiary/aromatic N) is 1. The minimum Gasteiger partial charge on any atom is -0.458 e. The lowest BCUT2D eigenvalue weighted by molar-refractivity contribution is -0.120. The Morgan fingerprint density at radius 1 is 0.974 bits per heavy atom. The van der Waals surface area contributed by atoms with Gasteiger partial charge in [0.25, 0.3) is 0 Å². The number of rotatable bonds is 9. The quantitative estimate of drug-likeness (QED) is 0.221. The smallest absolute Gasteiger partial charge is 0.225 e. The summed E-state index contributed by atoms with van der Waals surface area (Å²) < 4.78 is 17.6. The Morgan fingerprint density at radius 3 is 2.46 bits per heavy atom. The largest absolute Gasteiger partial charge is 0.458 e. The minimum atomic E-state index is -0.412. The van der Waals surface area contributed by atoms with Gasteiger partial charge < -0.3 is 19.0 Å². The third kappa shape index (κ3) is 5.66. The van der Waals surface area contributed by atoms with Gasteiger partial charge in [0.15, 0.2) is 0 Å². The van der Waals surface area contributed by atoms with Gasteiger partial charge in [-0.3, -0.25) is 4.79 Å². The molecule has 0 aliphatic rings. The van der Waals surface area contributed by atoms with E-state index in [2.05, 4.69) is 54.7 Å². The van der Waals surface area contributed by atoms with Gasteiger partial charge in [0.05, 0.1) is 23.7 Å². The van der Waals surface area contributed by atoms with Gasteiger partial charge in [-0.2, -0.15) is 0 Å². The van der Waals surface area contributed by atoms with Crippen LogP contribution in [0.15, 0.2) is 81.7 Å². The van der Waals surface area contributed by atoms with E-state index in [1.165, 1.54) is 5.56 Å². The molecule has 1 amide bonds. The molecule has 0 saturated carbocycles. The van der Waals surface area contributed by atoms with Crippen molar-refractivity contribution in [3.8, 4) is 0 Å². The third-order valence-corrected chi connectivity index (χ3v) is 7.08. The average molecular weight is 523 g/mol. The summed E-state index contributed by atoms with van der Waals surface area (Å²) in [7, 11) is 0.